The van der Waals surface area contributed by atoms with Crippen molar-refractivity contribution in [2.75, 3.05) is 26.3 Å². The van der Waals surface area contributed by atoms with Crippen LogP contribution >= 0.6 is 0 Å². The van der Waals surface area contributed by atoms with Crippen molar-refractivity contribution in [3.05, 3.63) is 101 Å². The average molecular weight is 626 g/mol. The number of carboxylic acid groups (broad SMARTS) is 1. The lowest BCUT2D eigenvalue weighted by Gasteiger charge is -2.27. The molecule has 1 fully saturated rings. The summed E-state index contributed by atoms with van der Waals surface area (Å²) >= 11 is 0. The summed E-state index contributed by atoms with van der Waals surface area (Å²) in [6.45, 7) is 5.82. The van der Waals surface area contributed by atoms with Gasteiger partial charge in [0.15, 0.2) is 23.1 Å². The Morgan fingerprint density at radius 1 is 0.957 bits per heavy atom. The van der Waals surface area contributed by atoms with Crippen molar-refractivity contribution in [1.82, 2.24) is 9.88 Å². The van der Waals surface area contributed by atoms with Crippen molar-refractivity contribution in [1.29, 1.82) is 5.26 Å². The van der Waals surface area contributed by atoms with Crippen LogP contribution in [0, 0.1) is 24.1 Å². The van der Waals surface area contributed by atoms with E-state index in [4.69, 9.17) is 28.8 Å². The maximum atomic E-state index is 15.5. The quantitative estimate of drug-likeness (QED) is 0.203. The number of piperidine rings is 1. The summed E-state index contributed by atoms with van der Waals surface area (Å²) in [6, 6.07) is 19.0. The van der Waals surface area contributed by atoms with Crippen LogP contribution in [0.5, 0.6) is 23.0 Å². The van der Waals surface area contributed by atoms with Gasteiger partial charge < -0.3 is 24.1 Å². The van der Waals surface area contributed by atoms with Crippen molar-refractivity contribution >= 4 is 6.47 Å². The minimum absolute atomic E-state index is 0.130. The van der Waals surface area contributed by atoms with E-state index in [1.165, 1.54) is 18.7 Å². The molecule has 1 saturated heterocycles. The van der Waals surface area contributed by atoms with Crippen LogP contribution in [0.3, 0.4) is 0 Å². The Kier molecular flexibility index (Phi) is 11.0. The fourth-order valence-corrected chi connectivity index (χ4v) is 5.61. The number of carbonyl (C=O) groups is 1. The van der Waals surface area contributed by atoms with E-state index in [1.807, 2.05) is 37.3 Å². The van der Waals surface area contributed by atoms with Gasteiger partial charge in [-0.3, -0.25) is 14.7 Å². The highest BCUT2D eigenvalue weighted by Gasteiger charge is 2.19. The van der Waals surface area contributed by atoms with E-state index < -0.39 is 5.82 Å². The molecule has 46 heavy (non-hydrogen) atoms. The second-order valence-electron chi connectivity index (χ2n) is 11.1. The van der Waals surface area contributed by atoms with E-state index in [9.17, 15) is 5.26 Å². The maximum absolute atomic E-state index is 15.5. The molecule has 0 spiro atoms. The Labute approximate surface area is 267 Å². The number of benzene rings is 3. The normalized spacial score (nSPS) is 13.9. The van der Waals surface area contributed by atoms with Crippen molar-refractivity contribution in [3.63, 3.8) is 0 Å². The number of fused-ring (bicyclic) bond motifs is 1. The second kappa shape index (κ2) is 15.7. The molecule has 238 valence electrons. The zero-order valence-electron chi connectivity index (χ0n) is 25.7. The van der Waals surface area contributed by atoms with Gasteiger partial charge in [0.1, 0.15) is 38.2 Å². The van der Waals surface area contributed by atoms with Crippen LogP contribution in [0.25, 0.3) is 11.1 Å². The van der Waals surface area contributed by atoms with Gasteiger partial charge in [-0.1, -0.05) is 30.7 Å². The van der Waals surface area contributed by atoms with Crippen LogP contribution < -0.4 is 18.9 Å². The lowest BCUT2D eigenvalue weighted by molar-refractivity contribution is -0.122. The van der Waals surface area contributed by atoms with Crippen LogP contribution in [-0.4, -0.2) is 47.8 Å². The molecule has 6 rings (SSSR count). The Morgan fingerprint density at radius 3 is 2.50 bits per heavy atom. The Balaban J connectivity index is 0.00000134. The number of hydrogen-bond acceptors (Lipinski definition) is 8. The van der Waals surface area contributed by atoms with E-state index in [0.717, 1.165) is 70.8 Å². The topological polar surface area (TPSA) is 114 Å². The SMILES string of the molecule is Cc1c(COc2cc(OCc3cncc(C#N)c3)c(CN3CCCCC3)cc2F)cccc1-c1ccc2c(c1)OCCO2.O=CO. The number of nitrogens with zero attached hydrogens (tertiary/aromatic N) is 3. The summed E-state index contributed by atoms with van der Waals surface area (Å²) < 4.78 is 39.2. The van der Waals surface area contributed by atoms with Crippen molar-refractivity contribution in [3.8, 4) is 40.2 Å². The molecule has 0 bridgehead atoms. The van der Waals surface area contributed by atoms with Gasteiger partial charge in [-0.2, -0.15) is 5.26 Å². The zero-order chi connectivity index (χ0) is 32.3. The summed E-state index contributed by atoms with van der Waals surface area (Å²) in [5, 5.41) is 16.1. The molecule has 3 heterocycles. The smallest absolute Gasteiger partial charge is 0.290 e. The molecule has 3 aromatic carbocycles. The van der Waals surface area contributed by atoms with Crippen LogP contribution in [0.2, 0.25) is 0 Å². The third kappa shape index (κ3) is 8.11. The summed E-state index contributed by atoms with van der Waals surface area (Å²) in [4.78, 5) is 14.8. The van der Waals surface area contributed by atoms with E-state index in [2.05, 4.69) is 22.0 Å². The third-order valence-corrected chi connectivity index (χ3v) is 7.96. The van der Waals surface area contributed by atoms with Crippen LogP contribution in [0.4, 0.5) is 4.39 Å². The molecule has 0 radical (unpaired) electrons. The molecule has 0 aliphatic carbocycles. The number of pyridine rings is 1. The first-order chi connectivity index (χ1) is 22.5. The number of aromatic nitrogens is 1. The van der Waals surface area contributed by atoms with Gasteiger partial charge in [0.25, 0.3) is 6.47 Å². The van der Waals surface area contributed by atoms with Gasteiger partial charge in [-0.25, -0.2) is 4.39 Å². The minimum atomic E-state index is -0.423. The predicted molar refractivity (Wildman–Crippen MR) is 169 cm³/mol. The van der Waals surface area contributed by atoms with E-state index in [1.54, 1.807) is 18.3 Å². The summed E-state index contributed by atoms with van der Waals surface area (Å²) in [5.74, 6) is 1.75. The fourth-order valence-electron chi connectivity index (χ4n) is 5.61. The van der Waals surface area contributed by atoms with E-state index in [0.29, 0.717) is 31.1 Å². The van der Waals surface area contributed by atoms with Gasteiger partial charge in [-0.15, -0.1) is 0 Å². The highest BCUT2D eigenvalue weighted by molar-refractivity contribution is 5.71. The molecular weight excluding hydrogens is 589 g/mol. The third-order valence-electron chi connectivity index (χ3n) is 7.96. The average Bonchev–Trinajstić information content (AvgIpc) is 3.08. The highest BCUT2D eigenvalue weighted by atomic mass is 19.1. The standard InChI is InChI=1S/C35H34FN3O4.CH2O2/c1-24-28(6-5-7-30(24)27-8-9-32-35(16-27)41-13-12-40-32)23-43-34-17-33(42-22-26-14-25(18-37)19-38-20-26)29(15-31(34)36)21-39-10-3-2-4-11-39;2-1-3/h5-9,14-17,19-20H,2-4,10-13,21-23H2,1H3;1H,(H,2,3). The molecule has 0 atom stereocenters. The van der Waals surface area contributed by atoms with Crippen LogP contribution in [-0.2, 0) is 24.6 Å². The highest BCUT2D eigenvalue weighted by Crippen LogP contribution is 2.37. The van der Waals surface area contributed by atoms with Crippen LogP contribution in [0.15, 0.2) is 67.0 Å². The molecule has 10 heteroatoms. The van der Waals surface area contributed by atoms with Gasteiger partial charge >= 0.3 is 0 Å². The molecule has 1 aromatic heterocycles. The number of likely N-dealkylation sites (tertiary alicyclic amines) is 1. The zero-order valence-corrected chi connectivity index (χ0v) is 25.7. The molecule has 0 unspecified atom stereocenters. The van der Waals surface area contributed by atoms with E-state index in [-0.39, 0.29) is 25.4 Å². The van der Waals surface area contributed by atoms with Gasteiger partial charge in [0, 0.05) is 36.1 Å². The maximum Gasteiger partial charge on any atom is 0.290 e. The number of halogens is 1. The van der Waals surface area contributed by atoms with E-state index >= 15 is 4.39 Å². The Bertz CT molecular complexity index is 1700. The predicted octanol–water partition coefficient (Wildman–Crippen LogP) is 6.68. The molecule has 4 aromatic rings. The molecule has 9 nitrogen and oxygen atoms in total. The number of nitriles is 1. The molecule has 2 aliphatic rings. The molecule has 0 saturated carbocycles. The first-order valence-corrected chi connectivity index (χ1v) is 15.2. The van der Waals surface area contributed by atoms with Gasteiger partial charge in [0.2, 0.25) is 0 Å². The van der Waals surface area contributed by atoms with Crippen LogP contribution in [0.1, 0.15) is 47.1 Å². The number of ether oxygens (including phenoxy) is 4. The van der Waals surface area contributed by atoms with Crippen molar-refractivity contribution < 1.29 is 33.2 Å². The second-order valence-corrected chi connectivity index (χ2v) is 11.1. The summed E-state index contributed by atoms with van der Waals surface area (Å²) in [7, 11) is 0. The molecule has 0 amide bonds. The monoisotopic (exact) mass is 625 g/mol. The first-order valence-electron chi connectivity index (χ1n) is 15.2. The lowest BCUT2D eigenvalue weighted by atomic mass is 9.96. The number of hydrogen-bond donors (Lipinski definition) is 1. The molecule has 1 N–H and O–H groups in total. The Hall–Kier alpha value is -5.14. The van der Waals surface area contributed by atoms with Gasteiger partial charge in [-0.05, 0) is 79.4 Å². The Morgan fingerprint density at radius 2 is 1.72 bits per heavy atom. The lowest BCUT2D eigenvalue weighted by Crippen LogP contribution is -2.29. The summed E-state index contributed by atoms with van der Waals surface area (Å²) in [5.41, 5.74) is 6.06. The fraction of sp³-hybridized carbons (Fsp3) is 0.306. The summed E-state index contributed by atoms with van der Waals surface area (Å²) in [6.07, 6.45) is 6.68. The van der Waals surface area contributed by atoms with Crippen molar-refractivity contribution in [2.24, 2.45) is 0 Å². The first kappa shape index (κ1) is 32.3. The number of rotatable bonds is 9. The van der Waals surface area contributed by atoms with Gasteiger partial charge in [0.05, 0.1) is 5.56 Å². The largest absolute Gasteiger partial charge is 0.488 e. The molecule has 2 aliphatic heterocycles. The molecular formula is C36H36FN3O6. The minimum Gasteiger partial charge on any atom is -0.488 e. The van der Waals surface area contributed by atoms with Crippen molar-refractivity contribution in [2.45, 2.75) is 45.9 Å².